The second kappa shape index (κ2) is 7.95. The topological polar surface area (TPSA) is 21.3 Å². The largest absolute Gasteiger partial charge is 0.494 e. The summed E-state index contributed by atoms with van der Waals surface area (Å²) < 4.78 is 18.5. The highest BCUT2D eigenvalue weighted by atomic mass is 19.1. The molecular weight excluding hydrogens is 241 g/mol. The molecule has 1 rings (SSSR count). The van der Waals surface area contributed by atoms with Crippen LogP contribution in [0.4, 0.5) is 4.39 Å². The molecule has 0 aliphatic rings. The Bertz CT molecular complexity index is 427. The van der Waals surface area contributed by atoms with Crippen LogP contribution in [0.25, 0.3) is 6.08 Å². The first-order valence-electron chi connectivity index (χ1n) is 6.80. The fourth-order valence-corrected chi connectivity index (χ4v) is 1.81. The first-order valence-corrected chi connectivity index (χ1v) is 6.80. The summed E-state index contributed by atoms with van der Waals surface area (Å²) >= 11 is 0. The summed E-state index contributed by atoms with van der Waals surface area (Å²) in [5, 5.41) is 3.41. The van der Waals surface area contributed by atoms with Gasteiger partial charge < -0.3 is 10.1 Å². The van der Waals surface area contributed by atoms with Gasteiger partial charge in [-0.25, -0.2) is 4.39 Å². The monoisotopic (exact) mass is 265 g/mol. The Morgan fingerprint density at radius 2 is 2.16 bits per heavy atom. The Kier molecular flexibility index (Phi) is 6.57. The van der Waals surface area contributed by atoms with Crippen molar-refractivity contribution in [2.45, 2.75) is 27.2 Å². The zero-order valence-corrected chi connectivity index (χ0v) is 12.3. The standard InChI is InChI=1S/C16H24FNO/c1-5-13(11-18-10-12(2)3)8-14-6-7-16(19-4)15(17)9-14/h6-9,12,18H,5,10-11H2,1-4H3. The van der Waals surface area contributed by atoms with Gasteiger partial charge in [0, 0.05) is 6.54 Å². The van der Waals surface area contributed by atoms with Gasteiger partial charge in [0.2, 0.25) is 0 Å². The summed E-state index contributed by atoms with van der Waals surface area (Å²) in [5.41, 5.74) is 2.15. The number of rotatable bonds is 7. The van der Waals surface area contributed by atoms with E-state index in [1.54, 1.807) is 6.07 Å². The molecule has 0 fully saturated rings. The maximum Gasteiger partial charge on any atom is 0.165 e. The molecule has 1 aromatic rings. The lowest BCUT2D eigenvalue weighted by Gasteiger charge is -2.10. The molecule has 0 saturated heterocycles. The highest BCUT2D eigenvalue weighted by molar-refractivity contribution is 5.54. The zero-order valence-electron chi connectivity index (χ0n) is 12.3. The molecule has 0 atom stereocenters. The first kappa shape index (κ1) is 15.7. The van der Waals surface area contributed by atoms with Gasteiger partial charge in [-0.3, -0.25) is 0 Å². The number of ether oxygens (including phenoxy) is 1. The maximum atomic E-state index is 13.6. The molecule has 19 heavy (non-hydrogen) atoms. The van der Waals surface area contributed by atoms with Gasteiger partial charge in [0.05, 0.1) is 7.11 Å². The molecule has 0 unspecified atom stereocenters. The molecule has 3 heteroatoms. The van der Waals surface area contributed by atoms with Gasteiger partial charge >= 0.3 is 0 Å². The highest BCUT2D eigenvalue weighted by Gasteiger charge is 2.03. The Labute approximate surface area is 115 Å². The van der Waals surface area contributed by atoms with Crippen LogP contribution < -0.4 is 10.1 Å². The van der Waals surface area contributed by atoms with E-state index in [1.807, 2.05) is 12.1 Å². The molecule has 0 spiro atoms. The SMILES string of the molecule is CCC(=Cc1ccc(OC)c(F)c1)CNCC(C)C. The number of halogens is 1. The average molecular weight is 265 g/mol. The summed E-state index contributed by atoms with van der Waals surface area (Å²) in [4.78, 5) is 0. The number of hydrogen-bond acceptors (Lipinski definition) is 2. The number of benzene rings is 1. The third kappa shape index (κ3) is 5.43. The van der Waals surface area contributed by atoms with E-state index in [9.17, 15) is 4.39 Å². The van der Waals surface area contributed by atoms with E-state index in [2.05, 4.69) is 26.1 Å². The van der Waals surface area contributed by atoms with E-state index in [4.69, 9.17) is 4.74 Å². The Balaban J connectivity index is 2.71. The summed E-state index contributed by atoms with van der Waals surface area (Å²) in [6.45, 7) is 8.32. The van der Waals surface area contributed by atoms with Crippen LogP contribution in [-0.2, 0) is 0 Å². The van der Waals surface area contributed by atoms with Crippen molar-refractivity contribution in [3.05, 3.63) is 35.2 Å². The van der Waals surface area contributed by atoms with Gasteiger partial charge in [-0.05, 0) is 36.6 Å². The minimum Gasteiger partial charge on any atom is -0.494 e. The van der Waals surface area contributed by atoms with Gasteiger partial charge in [0.15, 0.2) is 11.6 Å². The summed E-state index contributed by atoms with van der Waals surface area (Å²) in [6, 6.07) is 5.05. The van der Waals surface area contributed by atoms with Crippen LogP contribution in [0.1, 0.15) is 32.8 Å². The van der Waals surface area contributed by atoms with Crippen LogP contribution >= 0.6 is 0 Å². The number of hydrogen-bond donors (Lipinski definition) is 1. The van der Waals surface area contributed by atoms with Gasteiger partial charge in [-0.15, -0.1) is 0 Å². The molecule has 0 heterocycles. The van der Waals surface area contributed by atoms with E-state index < -0.39 is 0 Å². The number of methoxy groups -OCH3 is 1. The van der Waals surface area contributed by atoms with Gasteiger partial charge in [0.1, 0.15) is 0 Å². The van der Waals surface area contributed by atoms with Crippen molar-refractivity contribution in [2.75, 3.05) is 20.2 Å². The Morgan fingerprint density at radius 1 is 1.42 bits per heavy atom. The number of nitrogens with one attached hydrogen (secondary N) is 1. The molecule has 0 aliphatic heterocycles. The van der Waals surface area contributed by atoms with Crippen LogP contribution in [0.15, 0.2) is 23.8 Å². The third-order valence-electron chi connectivity index (χ3n) is 2.91. The van der Waals surface area contributed by atoms with E-state index >= 15 is 0 Å². The molecular formula is C16H24FNO. The predicted octanol–water partition coefficient (Wildman–Crippen LogP) is 3.87. The molecule has 0 aromatic heterocycles. The molecule has 0 amide bonds. The molecule has 0 saturated carbocycles. The Morgan fingerprint density at radius 3 is 2.68 bits per heavy atom. The zero-order chi connectivity index (χ0) is 14.3. The second-order valence-corrected chi connectivity index (χ2v) is 5.07. The molecule has 0 radical (unpaired) electrons. The first-order chi connectivity index (χ1) is 9.06. The van der Waals surface area contributed by atoms with Crippen LogP contribution in [-0.4, -0.2) is 20.2 Å². The summed E-state index contributed by atoms with van der Waals surface area (Å²) in [7, 11) is 1.47. The minimum atomic E-state index is -0.318. The smallest absolute Gasteiger partial charge is 0.165 e. The van der Waals surface area contributed by atoms with Crippen molar-refractivity contribution >= 4 is 6.08 Å². The maximum absolute atomic E-state index is 13.6. The normalized spacial score (nSPS) is 12.0. The molecule has 1 aromatic carbocycles. The molecule has 2 nitrogen and oxygen atoms in total. The van der Waals surface area contributed by atoms with Crippen molar-refractivity contribution < 1.29 is 9.13 Å². The van der Waals surface area contributed by atoms with Crippen LogP contribution in [0.5, 0.6) is 5.75 Å². The van der Waals surface area contributed by atoms with Gasteiger partial charge in [-0.2, -0.15) is 0 Å². The minimum absolute atomic E-state index is 0.285. The van der Waals surface area contributed by atoms with Crippen molar-refractivity contribution in [1.29, 1.82) is 0 Å². The Hall–Kier alpha value is -1.35. The quantitative estimate of drug-likeness (QED) is 0.808. The summed E-state index contributed by atoms with van der Waals surface area (Å²) in [6.07, 6.45) is 2.99. The van der Waals surface area contributed by atoms with Crippen molar-refractivity contribution in [3.8, 4) is 5.75 Å². The van der Waals surface area contributed by atoms with E-state index in [0.717, 1.165) is 25.1 Å². The summed E-state index contributed by atoms with van der Waals surface area (Å²) in [5.74, 6) is 0.603. The van der Waals surface area contributed by atoms with E-state index in [0.29, 0.717) is 5.92 Å². The molecule has 106 valence electrons. The second-order valence-electron chi connectivity index (χ2n) is 5.07. The van der Waals surface area contributed by atoms with Crippen molar-refractivity contribution in [3.63, 3.8) is 0 Å². The average Bonchev–Trinajstić information content (AvgIpc) is 2.37. The molecule has 0 bridgehead atoms. The predicted molar refractivity (Wildman–Crippen MR) is 78.9 cm³/mol. The molecule has 1 N–H and O–H groups in total. The van der Waals surface area contributed by atoms with Crippen LogP contribution in [0, 0.1) is 11.7 Å². The van der Waals surface area contributed by atoms with Gasteiger partial charge in [0.25, 0.3) is 0 Å². The molecule has 0 aliphatic carbocycles. The van der Waals surface area contributed by atoms with Crippen LogP contribution in [0.2, 0.25) is 0 Å². The fourth-order valence-electron chi connectivity index (χ4n) is 1.81. The fraction of sp³-hybridized carbons (Fsp3) is 0.500. The van der Waals surface area contributed by atoms with Crippen molar-refractivity contribution in [2.24, 2.45) is 5.92 Å². The van der Waals surface area contributed by atoms with Gasteiger partial charge in [-0.1, -0.05) is 38.5 Å². The lowest BCUT2D eigenvalue weighted by molar-refractivity contribution is 0.386. The van der Waals surface area contributed by atoms with Crippen molar-refractivity contribution in [1.82, 2.24) is 5.32 Å². The van der Waals surface area contributed by atoms with Crippen LogP contribution in [0.3, 0.4) is 0 Å². The lowest BCUT2D eigenvalue weighted by Crippen LogP contribution is -2.21. The highest BCUT2D eigenvalue weighted by Crippen LogP contribution is 2.19. The van der Waals surface area contributed by atoms with E-state index in [1.165, 1.54) is 18.7 Å². The lowest BCUT2D eigenvalue weighted by atomic mass is 10.1. The van der Waals surface area contributed by atoms with E-state index in [-0.39, 0.29) is 11.6 Å². The third-order valence-corrected chi connectivity index (χ3v) is 2.91.